The summed E-state index contributed by atoms with van der Waals surface area (Å²) in [6.45, 7) is 2.07. The van der Waals surface area contributed by atoms with E-state index < -0.39 is 15.1 Å². The maximum Gasteiger partial charge on any atom is 0.151 e. The average Bonchev–Trinajstić information content (AvgIpc) is 3.03. The normalized spacial score (nSPS) is 27.8. The van der Waals surface area contributed by atoms with Crippen molar-refractivity contribution in [1.29, 1.82) is 0 Å². The number of sulfone groups is 1. The minimum absolute atomic E-state index is 0.145. The van der Waals surface area contributed by atoms with Gasteiger partial charge >= 0.3 is 0 Å². The van der Waals surface area contributed by atoms with E-state index in [1.165, 1.54) is 11.8 Å². The molecule has 2 rings (SSSR count). The first-order valence-electron chi connectivity index (χ1n) is 5.72. The molecular formula is C13H16O3S. The molecule has 92 valence electrons. The van der Waals surface area contributed by atoms with Crippen LogP contribution in [0.3, 0.4) is 0 Å². The Morgan fingerprint density at radius 3 is 2.18 bits per heavy atom. The topological polar surface area (TPSA) is 51.2 Å². The number of carbonyl (C=O) groups excluding carboxylic acids is 1. The Hall–Kier alpha value is -1.16. The van der Waals surface area contributed by atoms with E-state index in [1.807, 2.05) is 24.3 Å². The van der Waals surface area contributed by atoms with Gasteiger partial charge in [0.1, 0.15) is 6.29 Å². The molecule has 0 N–H and O–H groups in total. The lowest BCUT2D eigenvalue weighted by Crippen LogP contribution is -2.07. The van der Waals surface area contributed by atoms with Crippen LogP contribution < -0.4 is 0 Å². The molecule has 0 spiro atoms. The summed E-state index contributed by atoms with van der Waals surface area (Å²) < 4.78 is 23.0. The zero-order chi connectivity index (χ0) is 12.6. The average molecular weight is 252 g/mol. The summed E-state index contributed by atoms with van der Waals surface area (Å²) >= 11 is 0. The second-order valence-corrected chi connectivity index (χ2v) is 6.83. The monoisotopic (exact) mass is 252 g/mol. The van der Waals surface area contributed by atoms with Crippen LogP contribution in [0.15, 0.2) is 24.3 Å². The first-order valence-corrected chi connectivity index (χ1v) is 7.67. The highest BCUT2D eigenvalue weighted by molar-refractivity contribution is 7.91. The van der Waals surface area contributed by atoms with E-state index >= 15 is 0 Å². The van der Waals surface area contributed by atoms with Crippen LogP contribution in [0.2, 0.25) is 0 Å². The van der Waals surface area contributed by atoms with Crippen molar-refractivity contribution < 1.29 is 13.2 Å². The fourth-order valence-corrected chi connectivity index (χ4v) is 3.99. The predicted octanol–water partition coefficient (Wildman–Crippen LogP) is 1.57. The number of aldehydes is 1. The van der Waals surface area contributed by atoms with Crippen LogP contribution >= 0.6 is 0 Å². The maximum absolute atomic E-state index is 11.5. The van der Waals surface area contributed by atoms with Gasteiger partial charge in [0.05, 0.1) is 5.25 Å². The molecule has 1 fully saturated rings. The zero-order valence-electron chi connectivity index (χ0n) is 9.96. The van der Waals surface area contributed by atoms with Gasteiger partial charge in [-0.05, 0) is 17.5 Å². The molecule has 0 radical (unpaired) electrons. The summed E-state index contributed by atoms with van der Waals surface area (Å²) in [5.74, 6) is -0.508. The van der Waals surface area contributed by atoms with Crippen LogP contribution in [0.5, 0.6) is 0 Å². The molecule has 1 saturated carbocycles. The minimum Gasteiger partial charge on any atom is -0.303 e. The predicted molar refractivity (Wildman–Crippen MR) is 66.7 cm³/mol. The molecule has 1 aromatic carbocycles. The first-order chi connectivity index (χ1) is 7.99. The molecule has 17 heavy (non-hydrogen) atoms. The Morgan fingerprint density at radius 1 is 1.24 bits per heavy atom. The van der Waals surface area contributed by atoms with Gasteiger partial charge in [0.2, 0.25) is 0 Å². The molecule has 4 heteroatoms. The van der Waals surface area contributed by atoms with Crippen molar-refractivity contribution in [3.63, 3.8) is 0 Å². The second-order valence-electron chi connectivity index (χ2n) is 4.63. The Morgan fingerprint density at radius 2 is 1.82 bits per heavy atom. The van der Waals surface area contributed by atoms with Gasteiger partial charge in [0.15, 0.2) is 9.84 Å². The molecule has 1 aliphatic carbocycles. The van der Waals surface area contributed by atoms with Crippen molar-refractivity contribution in [2.75, 3.05) is 6.26 Å². The molecule has 0 saturated heterocycles. The molecule has 0 heterocycles. The van der Waals surface area contributed by atoms with Crippen LogP contribution in [0, 0.1) is 5.92 Å². The Balaban J connectivity index is 2.26. The summed E-state index contributed by atoms with van der Waals surface area (Å²) in [7, 11) is -3.14. The van der Waals surface area contributed by atoms with Crippen LogP contribution in [0.1, 0.15) is 24.0 Å². The summed E-state index contributed by atoms with van der Waals surface area (Å²) in [6, 6.07) is 7.86. The molecule has 0 amide bonds. The van der Waals surface area contributed by atoms with Gasteiger partial charge in [-0.1, -0.05) is 31.2 Å². The standard InChI is InChI=1S/C13H16O3S/c1-3-9-4-6-10(7-5-9)12-11(8-14)13(12)17(2,15)16/h4-8,11-13H,3H2,1-2H3/t11-,12-,13+/m0/s1. The quantitative estimate of drug-likeness (QED) is 0.764. The van der Waals surface area contributed by atoms with Crippen molar-refractivity contribution in [2.45, 2.75) is 24.5 Å². The Bertz CT molecular complexity index is 516. The van der Waals surface area contributed by atoms with Gasteiger partial charge in [0.25, 0.3) is 0 Å². The van der Waals surface area contributed by atoms with Crippen molar-refractivity contribution in [1.82, 2.24) is 0 Å². The van der Waals surface area contributed by atoms with E-state index in [0.29, 0.717) is 0 Å². The van der Waals surface area contributed by atoms with Crippen LogP contribution in [0.4, 0.5) is 0 Å². The lowest BCUT2D eigenvalue weighted by molar-refractivity contribution is -0.108. The summed E-state index contributed by atoms with van der Waals surface area (Å²) in [5.41, 5.74) is 2.17. The number of aryl methyl sites for hydroxylation is 1. The minimum atomic E-state index is -3.14. The van der Waals surface area contributed by atoms with Crippen molar-refractivity contribution in [3.05, 3.63) is 35.4 Å². The van der Waals surface area contributed by atoms with Crippen LogP contribution in [-0.4, -0.2) is 26.2 Å². The lowest BCUT2D eigenvalue weighted by atomic mass is 10.1. The highest BCUT2D eigenvalue weighted by atomic mass is 32.2. The van der Waals surface area contributed by atoms with E-state index in [2.05, 4.69) is 6.92 Å². The molecular weight excluding hydrogens is 236 g/mol. The summed E-state index contributed by atoms with van der Waals surface area (Å²) in [4.78, 5) is 10.9. The van der Waals surface area contributed by atoms with Gasteiger partial charge < -0.3 is 4.79 Å². The van der Waals surface area contributed by atoms with Gasteiger partial charge in [-0.2, -0.15) is 0 Å². The lowest BCUT2D eigenvalue weighted by Gasteiger charge is -2.01. The van der Waals surface area contributed by atoms with Gasteiger partial charge in [-0.3, -0.25) is 0 Å². The maximum atomic E-state index is 11.5. The highest BCUT2D eigenvalue weighted by Crippen LogP contribution is 2.50. The Labute approximate surface area is 102 Å². The first kappa shape index (κ1) is 12.3. The zero-order valence-corrected chi connectivity index (χ0v) is 10.8. The fraction of sp³-hybridized carbons (Fsp3) is 0.462. The third-order valence-corrected chi connectivity index (χ3v) is 5.03. The fourth-order valence-electron chi connectivity index (χ4n) is 2.41. The molecule has 0 bridgehead atoms. The largest absolute Gasteiger partial charge is 0.303 e. The molecule has 3 nitrogen and oxygen atoms in total. The third-order valence-electron chi connectivity index (χ3n) is 3.43. The second kappa shape index (κ2) is 4.26. The highest BCUT2D eigenvalue weighted by Gasteiger charge is 2.57. The van der Waals surface area contributed by atoms with E-state index in [-0.39, 0.29) is 11.8 Å². The molecule has 0 unspecified atom stereocenters. The molecule has 3 atom stereocenters. The van der Waals surface area contributed by atoms with Gasteiger partial charge in [0, 0.05) is 18.1 Å². The van der Waals surface area contributed by atoms with E-state index in [0.717, 1.165) is 18.3 Å². The van der Waals surface area contributed by atoms with Crippen LogP contribution in [-0.2, 0) is 21.1 Å². The van der Waals surface area contributed by atoms with Gasteiger partial charge in [-0.15, -0.1) is 0 Å². The number of hydrogen-bond donors (Lipinski definition) is 0. The SMILES string of the molecule is CCc1ccc([C@H]2[C@H](C=O)[C@H]2S(C)(=O)=O)cc1. The summed E-state index contributed by atoms with van der Waals surface area (Å²) in [6.07, 6.45) is 2.93. The number of carbonyl (C=O) groups is 1. The van der Waals surface area contributed by atoms with Gasteiger partial charge in [-0.25, -0.2) is 8.42 Å². The number of benzene rings is 1. The smallest absolute Gasteiger partial charge is 0.151 e. The van der Waals surface area contributed by atoms with Crippen molar-refractivity contribution in [3.8, 4) is 0 Å². The van der Waals surface area contributed by atoms with E-state index in [1.54, 1.807) is 0 Å². The molecule has 0 aliphatic heterocycles. The Kier molecular flexibility index (Phi) is 3.08. The molecule has 1 aromatic rings. The van der Waals surface area contributed by atoms with E-state index in [9.17, 15) is 13.2 Å². The third kappa shape index (κ3) is 2.27. The van der Waals surface area contributed by atoms with Crippen molar-refractivity contribution in [2.24, 2.45) is 5.92 Å². The molecule has 1 aliphatic rings. The number of rotatable bonds is 4. The van der Waals surface area contributed by atoms with E-state index in [4.69, 9.17) is 0 Å². The summed E-state index contributed by atoms with van der Waals surface area (Å²) in [5, 5.41) is -0.521. The number of hydrogen-bond acceptors (Lipinski definition) is 3. The van der Waals surface area contributed by atoms with Crippen LogP contribution in [0.25, 0.3) is 0 Å². The van der Waals surface area contributed by atoms with Crippen molar-refractivity contribution >= 4 is 16.1 Å². The molecule has 0 aromatic heterocycles.